The van der Waals surface area contributed by atoms with Gasteiger partial charge in [0.1, 0.15) is 0 Å². The van der Waals surface area contributed by atoms with Crippen molar-refractivity contribution < 1.29 is 14.2 Å². The molecule has 2 aromatic heterocycles. The number of hydrogen-bond donors (Lipinski definition) is 0. The van der Waals surface area contributed by atoms with Crippen LogP contribution in [0.5, 0.6) is 11.5 Å². The van der Waals surface area contributed by atoms with E-state index in [1.165, 1.54) is 4.70 Å². The summed E-state index contributed by atoms with van der Waals surface area (Å²) < 4.78 is 19.4. The summed E-state index contributed by atoms with van der Waals surface area (Å²) in [6.45, 7) is 1.41. The van der Waals surface area contributed by atoms with E-state index < -0.39 is 0 Å². The molecule has 4 aromatic rings. The molecule has 0 amide bonds. The van der Waals surface area contributed by atoms with Crippen LogP contribution in [0.15, 0.2) is 47.6 Å². The minimum absolute atomic E-state index is 0.655. The average molecular weight is 490 g/mol. The molecule has 0 atom stereocenters. The molecule has 0 aliphatic heterocycles. The van der Waals surface area contributed by atoms with Gasteiger partial charge in [-0.1, -0.05) is 41.6 Å². The zero-order valence-corrected chi connectivity index (χ0v) is 20.5. The van der Waals surface area contributed by atoms with Crippen LogP contribution >= 0.6 is 34.7 Å². The van der Waals surface area contributed by atoms with Crippen LogP contribution in [0.25, 0.3) is 21.5 Å². The van der Waals surface area contributed by atoms with Crippen LogP contribution in [0, 0.1) is 0 Å². The lowest BCUT2D eigenvalue weighted by molar-refractivity contribution is 0.189. The maximum Gasteiger partial charge on any atom is 0.191 e. The molecule has 0 saturated carbocycles. The fourth-order valence-electron chi connectivity index (χ4n) is 3.44. The lowest BCUT2D eigenvalue weighted by Crippen LogP contribution is -2.05. The minimum atomic E-state index is 0.655. The first-order chi connectivity index (χ1) is 15.7. The van der Waals surface area contributed by atoms with Gasteiger partial charge in [-0.05, 0) is 30.7 Å². The quantitative estimate of drug-likeness (QED) is 0.196. The summed E-state index contributed by atoms with van der Waals surface area (Å²) in [6, 6.07) is 14.0. The van der Waals surface area contributed by atoms with Crippen LogP contribution in [0.1, 0.15) is 11.3 Å². The van der Waals surface area contributed by atoms with Gasteiger partial charge in [-0.2, -0.15) is 0 Å². The molecule has 0 spiro atoms. The summed E-state index contributed by atoms with van der Waals surface area (Å²) in [7, 11) is 4.96. The maximum atomic E-state index is 6.64. The largest absolute Gasteiger partial charge is 0.493 e. The van der Waals surface area contributed by atoms with Crippen molar-refractivity contribution in [2.45, 2.75) is 23.9 Å². The predicted molar refractivity (Wildman–Crippen MR) is 131 cm³/mol. The molecule has 168 valence electrons. The Labute approximate surface area is 200 Å². The van der Waals surface area contributed by atoms with E-state index in [1.54, 1.807) is 44.4 Å². The van der Waals surface area contributed by atoms with Crippen LogP contribution in [0.3, 0.4) is 0 Å². The van der Waals surface area contributed by atoms with Crippen LogP contribution in [0.4, 0.5) is 0 Å². The summed E-state index contributed by atoms with van der Waals surface area (Å²) in [5.41, 5.74) is 0.916. The fourth-order valence-corrected chi connectivity index (χ4v) is 6.06. The van der Waals surface area contributed by atoms with E-state index in [4.69, 9.17) is 25.8 Å². The van der Waals surface area contributed by atoms with Gasteiger partial charge in [-0.25, -0.2) is 0 Å². The molecular formula is C23H24ClN3O3S2. The fraction of sp³-hybridized carbons (Fsp3) is 0.304. The molecule has 9 heteroatoms. The van der Waals surface area contributed by atoms with E-state index in [1.807, 2.05) is 30.3 Å². The molecule has 0 fully saturated rings. The first-order valence-electron chi connectivity index (χ1n) is 10.1. The van der Waals surface area contributed by atoms with Crippen LogP contribution < -0.4 is 9.47 Å². The van der Waals surface area contributed by atoms with E-state index in [0.29, 0.717) is 18.1 Å². The Hall–Kier alpha value is -2.26. The first-order valence-corrected chi connectivity index (χ1v) is 12.3. The number of rotatable bonds is 10. The van der Waals surface area contributed by atoms with Crippen molar-refractivity contribution in [3.63, 3.8) is 0 Å². The molecule has 0 saturated heterocycles. The highest BCUT2D eigenvalue weighted by Crippen LogP contribution is 2.39. The second kappa shape index (κ2) is 10.6. The van der Waals surface area contributed by atoms with Gasteiger partial charge in [0.15, 0.2) is 22.5 Å². The number of nitrogens with zero attached hydrogens (tertiary/aromatic N) is 3. The van der Waals surface area contributed by atoms with Crippen molar-refractivity contribution in [1.29, 1.82) is 0 Å². The Morgan fingerprint density at radius 2 is 1.84 bits per heavy atom. The number of thioether (sulfide) groups is 1. The highest BCUT2D eigenvalue weighted by atomic mass is 35.5. The number of fused-ring (bicyclic) bond motifs is 1. The molecule has 0 radical (unpaired) electrons. The van der Waals surface area contributed by atoms with E-state index >= 15 is 0 Å². The third-order valence-electron chi connectivity index (χ3n) is 5.02. The molecule has 2 aromatic carbocycles. The first kappa shape index (κ1) is 22.9. The SMILES string of the molecule is COCCCn1c(SCc2sc3ccccc3c2Cl)nnc1-c1ccc(OC)c(OC)c1. The van der Waals surface area contributed by atoms with Crippen molar-refractivity contribution in [2.75, 3.05) is 27.9 Å². The van der Waals surface area contributed by atoms with E-state index in [2.05, 4.69) is 26.9 Å². The number of methoxy groups -OCH3 is 3. The molecule has 6 nitrogen and oxygen atoms in total. The lowest BCUT2D eigenvalue weighted by Gasteiger charge is -2.12. The summed E-state index contributed by atoms with van der Waals surface area (Å²) in [6.07, 6.45) is 0.853. The Morgan fingerprint density at radius 1 is 1.03 bits per heavy atom. The second-order valence-electron chi connectivity index (χ2n) is 7.00. The number of ether oxygens (including phenoxy) is 3. The number of thiophene rings is 1. The molecule has 0 bridgehead atoms. The summed E-state index contributed by atoms with van der Waals surface area (Å²) in [5.74, 6) is 2.84. The molecule has 0 N–H and O–H groups in total. The van der Waals surface area contributed by atoms with Crippen LogP contribution in [0.2, 0.25) is 5.02 Å². The highest BCUT2D eigenvalue weighted by Gasteiger charge is 2.18. The van der Waals surface area contributed by atoms with Crippen molar-refractivity contribution in [2.24, 2.45) is 0 Å². The number of aromatic nitrogens is 3. The van der Waals surface area contributed by atoms with Crippen molar-refractivity contribution in [1.82, 2.24) is 14.8 Å². The van der Waals surface area contributed by atoms with Crippen molar-refractivity contribution in [3.8, 4) is 22.9 Å². The van der Waals surface area contributed by atoms with E-state index in [-0.39, 0.29) is 0 Å². The normalized spacial score (nSPS) is 11.2. The minimum Gasteiger partial charge on any atom is -0.493 e. The molecule has 32 heavy (non-hydrogen) atoms. The highest BCUT2D eigenvalue weighted by molar-refractivity contribution is 7.98. The maximum absolute atomic E-state index is 6.64. The van der Waals surface area contributed by atoms with Crippen molar-refractivity contribution >= 4 is 44.8 Å². The predicted octanol–water partition coefficient (Wildman–Crippen LogP) is 6.16. The molecule has 0 aliphatic carbocycles. The third-order valence-corrected chi connectivity index (χ3v) is 7.91. The Balaban J connectivity index is 1.63. The second-order valence-corrected chi connectivity index (χ2v) is 9.46. The smallest absolute Gasteiger partial charge is 0.191 e. The van der Waals surface area contributed by atoms with Gasteiger partial charge in [0.2, 0.25) is 0 Å². The molecule has 4 rings (SSSR count). The Bertz CT molecular complexity index is 1210. The number of hydrogen-bond acceptors (Lipinski definition) is 7. The van der Waals surface area contributed by atoms with E-state index in [0.717, 1.165) is 50.5 Å². The van der Waals surface area contributed by atoms with E-state index in [9.17, 15) is 0 Å². The number of halogens is 1. The summed E-state index contributed by atoms with van der Waals surface area (Å²) >= 11 is 10.0. The van der Waals surface area contributed by atoms with Gasteiger partial charge in [0.25, 0.3) is 0 Å². The summed E-state index contributed by atoms with van der Waals surface area (Å²) in [4.78, 5) is 1.14. The zero-order chi connectivity index (χ0) is 22.5. The third kappa shape index (κ3) is 4.73. The standard InChI is InChI=1S/C23H24ClN3O3S2/c1-28-12-6-11-27-22(15-9-10-17(29-2)18(13-15)30-3)25-26-23(27)31-14-20-21(24)16-7-4-5-8-19(16)32-20/h4-5,7-10,13H,6,11-12,14H2,1-3H3. The zero-order valence-electron chi connectivity index (χ0n) is 18.1. The monoisotopic (exact) mass is 489 g/mol. The molecular weight excluding hydrogens is 466 g/mol. The topological polar surface area (TPSA) is 58.4 Å². The van der Waals surface area contributed by atoms with Gasteiger partial charge in [0.05, 0.1) is 19.2 Å². The van der Waals surface area contributed by atoms with Crippen molar-refractivity contribution in [3.05, 3.63) is 52.4 Å². The Morgan fingerprint density at radius 3 is 2.59 bits per heavy atom. The number of benzene rings is 2. The van der Waals surface area contributed by atoms with Gasteiger partial charge < -0.3 is 18.8 Å². The van der Waals surface area contributed by atoms with Gasteiger partial charge in [-0.15, -0.1) is 21.5 Å². The van der Waals surface area contributed by atoms with Crippen LogP contribution in [-0.2, 0) is 17.0 Å². The van der Waals surface area contributed by atoms with Gasteiger partial charge >= 0.3 is 0 Å². The Kier molecular flexibility index (Phi) is 7.57. The average Bonchev–Trinajstić information content (AvgIpc) is 3.38. The molecule has 2 heterocycles. The molecule has 0 aliphatic rings. The van der Waals surface area contributed by atoms with Gasteiger partial charge in [-0.3, -0.25) is 0 Å². The van der Waals surface area contributed by atoms with Crippen LogP contribution in [-0.4, -0.2) is 42.7 Å². The summed E-state index contributed by atoms with van der Waals surface area (Å²) in [5, 5.41) is 11.8. The van der Waals surface area contributed by atoms with Gasteiger partial charge in [0, 0.05) is 46.5 Å². The molecule has 0 unspecified atom stereocenters. The lowest BCUT2D eigenvalue weighted by atomic mass is 10.2.